The number of hydrogen-bond acceptors (Lipinski definition) is 3. The minimum absolute atomic E-state index is 0. The fourth-order valence-electron chi connectivity index (χ4n) is 1.55. The van der Waals surface area contributed by atoms with Crippen LogP contribution < -0.4 is 0 Å². The summed E-state index contributed by atoms with van der Waals surface area (Å²) in [5.74, 6) is 0.887. The first-order valence-electron chi connectivity index (χ1n) is 6.61. The molecule has 0 unspecified atom stereocenters. The van der Waals surface area contributed by atoms with E-state index in [4.69, 9.17) is 14.6 Å². The number of benzene rings is 1. The Bertz CT molecular complexity index is 571. The molecule has 1 aromatic carbocycles. The molecule has 4 nitrogen and oxygen atoms in total. The van der Waals surface area contributed by atoms with Crippen molar-refractivity contribution in [3.05, 3.63) is 60.0 Å². The van der Waals surface area contributed by atoms with Crippen molar-refractivity contribution < 1.29 is 34.7 Å². The molecule has 0 aromatic heterocycles. The molecule has 2 rings (SSSR count). The van der Waals surface area contributed by atoms with Crippen molar-refractivity contribution >= 4 is 11.7 Å². The normalized spacial score (nSPS) is 15.5. The van der Waals surface area contributed by atoms with Crippen LogP contribution in [0.25, 0.3) is 0 Å². The first-order valence-corrected chi connectivity index (χ1v) is 6.61. The second kappa shape index (κ2) is 9.34. The summed E-state index contributed by atoms with van der Waals surface area (Å²) in [4.78, 5) is 12.6. The molecule has 2 N–H and O–H groups in total. The Morgan fingerprint density at radius 1 is 1.36 bits per heavy atom. The molecule has 1 heterocycles. The van der Waals surface area contributed by atoms with Gasteiger partial charge in [-0.3, -0.25) is 9.79 Å². The fourth-order valence-corrected chi connectivity index (χ4v) is 1.55. The molecule has 22 heavy (non-hydrogen) atoms. The molecule has 1 aliphatic heterocycles. The maximum atomic E-state index is 8.40. The molecule has 0 spiro atoms. The van der Waals surface area contributed by atoms with Crippen LogP contribution in [0.3, 0.4) is 0 Å². The third kappa shape index (κ3) is 7.91. The number of aliphatic imine (C=N–C) groups is 1. The second-order valence-corrected chi connectivity index (χ2v) is 5.16. The molecule has 0 bridgehead atoms. The van der Waals surface area contributed by atoms with E-state index < -0.39 is 0 Å². The standard InChI is InChI=1S/C12H12NO.C5H8O2.Ir/c1-12(2)8-9-13-11(14-12)10-6-4-3-5-7-10;1-4(6)3-5(2)7;/h3-6,8-9H,1-2H3;3,6H,1-2H3;/q-1;;/p+1/b;4-3-;. The number of aliphatic hydroxyl groups excluding tert-OH is 1. The van der Waals surface area contributed by atoms with Crippen molar-refractivity contribution in [3.8, 4) is 0 Å². The number of allylic oxidation sites excluding steroid dienone is 2. The first-order chi connectivity index (χ1) is 9.80. The molecular weight excluding hydrogens is 458 g/mol. The molecule has 1 radical (unpaired) electrons. The monoisotopic (exact) mass is 480 g/mol. The molecule has 0 atom stereocenters. The number of ether oxygens (including phenoxy) is 1. The Balaban J connectivity index is 0.000000478. The Morgan fingerprint density at radius 2 is 2.05 bits per heavy atom. The number of aliphatic hydroxyl groups is 1. The van der Waals surface area contributed by atoms with Crippen LogP contribution in [0.2, 0.25) is 0 Å². The number of nitrogens with zero attached hydrogens (tertiary/aromatic N) is 1. The van der Waals surface area contributed by atoms with Crippen molar-refractivity contribution in [2.45, 2.75) is 33.3 Å². The zero-order valence-electron chi connectivity index (χ0n) is 13.1. The van der Waals surface area contributed by atoms with E-state index in [-0.39, 0.29) is 37.2 Å². The number of carbonyl (C=O) groups excluding carboxylic acids is 1. The van der Waals surface area contributed by atoms with Gasteiger partial charge in [0.25, 0.3) is 0 Å². The first kappa shape index (κ1) is 20.3. The molecular formula is C17H21IrNO3. The largest absolute Gasteiger partial charge is 0.512 e. The third-order valence-electron chi connectivity index (χ3n) is 2.38. The van der Waals surface area contributed by atoms with Crippen molar-refractivity contribution in [3.63, 3.8) is 0 Å². The maximum Gasteiger partial charge on any atom is 0.316 e. The van der Waals surface area contributed by atoms with Crippen LogP contribution in [-0.2, 0) is 24.8 Å². The van der Waals surface area contributed by atoms with Crippen LogP contribution in [0.1, 0.15) is 33.3 Å². The molecule has 0 amide bonds. The van der Waals surface area contributed by atoms with Gasteiger partial charge in [-0.1, -0.05) is 5.56 Å². The molecule has 0 fully saturated rings. The quantitative estimate of drug-likeness (QED) is 0.305. The minimum atomic E-state index is -0.277. The molecule has 1 aliphatic rings. The summed E-state index contributed by atoms with van der Waals surface area (Å²) in [5, 5.41) is 8.40. The summed E-state index contributed by atoms with van der Waals surface area (Å²) in [6.07, 6.45) is 4.99. The second-order valence-electron chi connectivity index (χ2n) is 5.16. The van der Waals surface area contributed by atoms with E-state index in [1.807, 2.05) is 44.2 Å². The Labute approximate surface area is 145 Å². The van der Waals surface area contributed by atoms with E-state index in [2.05, 4.69) is 11.1 Å². The topological polar surface area (TPSA) is 63.2 Å². The van der Waals surface area contributed by atoms with E-state index in [0.717, 1.165) is 5.56 Å². The predicted octanol–water partition coefficient (Wildman–Crippen LogP) is 3.57. The SMILES string of the molecule is CC(=[OH+])/C=C(/C)O.CC1(C)C=CN=C(c2[c-]cccc2)O1.[Ir]. The van der Waals surface area contributed by atoms with Gasteiger partial charge in [-0.05, 0) is 26.8 Å². The van der Waals surface area contributed by atoms with Gasteiger partial charge >= 0.3 is 5.78 Å². The molecule has 1 aromatic rings. The van der Waals surface area contributed by atoms with Gasteiger partial charge in [0.1, 0.15) is 11.5 Å². The van der Waals surface area contributed by atoms with Gasteiger partial charge in [-0.15, -0.1) is 30.3 Å². The number of hydrogen-bond donors (Lipinski definition) is 1. The van der Waals surface area contributed by atoms with Gasteiger partial charge in [-0.25, -0.2) is 0 Å². The van der Waals surface area contributed by atoms with E-state index in [0.29, 0.717) is 5.90 Å². The minimum Gasteiger partial charge on any atom is -0.512 e. The smallest absolute Gasteiger partial charge is 0.316 e. The van der Waals surface area contributed by atoms with Crippen LogP contribution in [0.5, 0.6) is 0 Å². The fraction of sp³-hybridized carbons (Fsp3) is 0.294. The zero-order chi connectivity index (χ0) is 15.9. The van der Waals surface area contributed by atoms with Gasteiger partial charge in [0, 0.05) is 26.3 Å². The Morgan fingerprint density at radius 3 is 2.45 bits per heavy atom. The van der Waals surface area contributed by atoms with E-state index in [1.165, 1.54) is 19.9 Å². The van der Waals surface area contributed by atoms with Gasteiger partial charge in [0.15, 0.2) is 0 Å². The van der Waals surface area contributed by atoms with E-state index >= 15 is 0 Å². The summed E-state index contributed by atoms with van der Waals surface area (Å²) >= 11 is 0. The van der Waals surface area contributed by atoms with Crippen molar-refractivity contribution in [2.75, 3.05) is 0 Å². The summed E-state index contributed by atoms with van der Waals surface area (Å²) in [6.45, 7) is 7.00. The predicted molar refractivity (Wildman–Crippen MR) is 85.1 cm³/mol. The zero-order valence-corrected chi connectivity index (χ0v) is 15.5. The summed E-state index contributed by atoms with van der Waals surface area (Å²) in [5.41, 5.74) is 0.616. The van der Waals surface area contributed by atoms with Crippen molar-refractivity contribution in [1.82, 2.24) is 0 Å². The molecule has 0 saturated heterocycles. The average molecular weight is 480 g/mol. The van der Waals surface area contributed by atoms with Crippen LogP contribution in [0.4, 0.5) is 0 Å². The maximum absolute atomic E-state index is 8.40. The average Bonchev–Trinajstić information content (AvgIpc) is 2.37. The van der Waals surface area contributed by atoms with Crippen LogP contribution in [0.15, 0.2) is 53.4 Å². The van der Waals surface area contributed by atoms with Crippen molar-refractivity contribution in [1.29, 1.82) is 0 Å². The summed E-state index contributed by atoms with van der Waals surface area (Å²) < 4.78 is 5.69. The van der Waals surface area contributed by atoms with E-state index in [9.17, 15) is 0 Å². The molecule has 0 saturated carbocycles. The summed E-state index contributed by atoms with van der Waals surface area (Å²) in [6, 6.07) is 10.8. The van der Waals surface area contributed by atoms with Gasteiger partial charge in [0.05, 0.1) is 18.8 Å². The Hall–Kier alpha value is -1.71. The van der Waals surface area contributed by atoms with Gasteiger partial charge in [0.2, 0.25) is 0 Å². The van der Waals surface area contributed by atoms with Gasteiger partial charge < -0.3 is 9.84 Å². The van der Waals surface area contributed by atoms with E-state index in [1.54, 1.807) is 6.20 Å². The molecule has 121 valence electrons. The van der Waals surface area contributed by atoms with Crippen LogP contribution in [0, 0.1) is 6.07 Å². The van der Waals surface area contributed by atoms with Crippen LogP contribution >= 0.6 is 0 Å². The van der Waals surface area contributed by atoms with Crippen molar-refractivity contribution in [2.24, 2.45) is 4.99 Å². The molecule has 5 heteroatoms. The summed E-state index contributed by atoms with van der Waals surface area (Å²) in [7, 11) is 0. The number of rotatable bonds is 2. The molecule has 0 aliphatic carbocycles. The Kier molecular flexibility index (Phi) is 8.61. The number of ketones is 1. The van der Waals surface area contributed by atoms with Crippen LogP contribution in [-0.4, -0.2) is 27.2 Å². The third-order valence-corrected chi connectivity index (χ3v) is 2.38. The van der Waals surface area contributed by atoms with Gasteiger partial charge in [-0.2, -0.15) is 0 Å².